The van der Waals surface area contributed by atoms with Gasteiger partial charge in [0, 0.05) is 11.6 Å². The maximum absolute atomic E-state index is 12.5. The van der Waals surface area contributed by atoms with Crippen LogP contribution in [0.25, 0.3) is 10.7 Å². The summed E-state index contributed by atoms with van der Waals surface area (Å²) >= 11 is 12.8. The smallest absolute Gasteiger partial charge is 0.243 e. The lowest BCUT2D eigenvalue weighted by Gasteiger charge is -2.15. The van der Waals surface area contributed by atoms with E-state index in [1.54, 1.807) is 28.9 Å². The van der Waals surface area contributed by atoms with Gasteiger partial charge in [0.25, 0.3) is 0 Å². The van der Waals surface area contributed by atoms with Crippen molar-refractivity contribution in [1.82, 2.24) is 20.1 Å². The first-order valence-electron chi connectivity index (χ1n) is 7.29. The van der Waals surface area contributed by atoms with Crippen molar-refractivity contribution in [2.24, 2.45) is 0 Å². The molecule has 5 nitrogen and oxygen atoms in total. The first-order valence-corrected chi connectivity index (χ1v) is 8.96. The summed E-state index contributed by atoms with van der Waals surface area (Å²) in [5.41, 5.74) is 0.942. The molecule has 24 heavy (non-hydrogen) atoms. The Balaban J connectivity index is 1.77. The van der Waals surface area contributed by atoms with Crippen LogP contribution in [0.1, 0.15) is 18.5 Å². The van der Waals surface area contributed by atoms with Crippen LogP contribution in [-0.4, -0.2) is 20.7 Å². The van der Waals surface area contributed by atoms with Gasteiger partial charge in [-0.05, 0) is 48.3 Å². The van der Waals surface area contributed by atoms with Crippen LogP contribution in [0.4, 0.5) is 0 Å². The Kier molecular flexibility index (Phi) is 5.13. The standard InChI is InChI=1S/C16H15ClN4OS2/c1-10(15(22)18-9-11-4-2-5-12(17)8-11)21-14(19-20-16(21)23)13-6-3-7-24-13/h2-8,10H,9H2,1H3,(H,18,22)(H,20,23)/t10-/m0/s1. The number of hydrogen-bond acceptors (Lipinski definition) is 4. The van der Waals surface area contributed by atoms with E-state index in [0.29, 0.717) is 22.2 Å². The average Bonchev–Trinajstić information content (AvgIpc) is 3.21. The topological polar surface area (TPSA) is 62.7 Å². The minimum absolute atomic E-state index is 0.134. The van der Waals surface area contributed by atoms with Crippen LogP contribution in [0.5, 0.6) is 0 Å². The van der Waals surface area contributed by atoms with Crippen LogP contribution < -0.4 is 5.32 Å². The molecule has 0 fully saturated rings. The molecule has 0 radical (unpaired) electrons. The Labute approximate surface area is 153 Å². The van der Waals surface area contributed by atoms with E-state index in [1.807, 2.05) is 35.7 Å². The largest absolute Gasteiger partial charge is 0.350 e. The van der Waals surface area contributed by atoms with Gasteiger partial charge in [-0.1, -0.05) is 29.8 Å². The Bertz CT molecular complexity index is 901. The van der Waals surface area contributed by atoms with Crippen LogP contribution in [0.3, 0.4) is 0 Å². The number of aromatic nitrogens is 3. The molecule has 0 aliphatic heterocycles. The molecule has 8 heteroatoms. The molecule has 0 saturated carbocycles. The van der Waals surface area contributed by atoms with Gasteiger partial charge in [0.05, 0.1) is 4.88 Å². The summed E-state index contributed by atoms with van der Waals surface area (Å²) < 4.78 is 2.15. The molecule has 1 atom stereocenters. The predicted molar refractivity (Wildman–Crippen MR) is 98.7 cm³/mol. The molecule has 3 aromatic rings. The lowest BCUT2D eigenvalue weighted by Crippen LogP contribution is -2.31. The number of nitrogens with one attached hydrogen (secondary N) is 2. The molecular weight excluding hydrogens is 364 g/mol. The number of hydrogen-bond donors (Lipinski definition) is 2. The predicted octanol–water partition coefficient (Wildman–Crippen LogP) is 4.20. The first-order chi connectivity index (χ1) is 11.6. The van der Waals surface area contributed by atoms with E-state index in [-0.39, 0.29) is 5.91 Å². The minimum atomic E-state index is -0.479. The highest BCUT2D eigenvalue weighted by molar-refractivity contribution is 7.71. The zero-order chi connectivity index (χ0) is 17.1. The second-order valence-corrected chi connectivity index (χ2v) is 6.99. The molecular formula is C16H15ClN4OS2. The number of amides is 1. The van der Waals surface area contributed by atoms with Crippen molar-refractivity contribution in [3.63, 3.8) is 0 Å². The second kappa shape index (κ2) is 7.29. The Morgan fingerprint density at radius 2 is 2.29 bits per heavy atom. The molecule has 0 saturated heterocycles. The van der Waals surface area contributed by atoms with Gasteiger partial charge in [0.2, 0.25) is 5.91 Å². The van der Waals surface area contributed by atoms with Crippen LogP contribution in [0.2, 0.25) is 5.02 Å². The number of thiophene rings is 1. The van der Waals surface area contributed by atoms with Gasteiger partial charge >= 0.3 is 0 Å². The van der Waals surface area contributed by atoms with Crippen LogP contribution in [0.15, 0.2) is 41.8 Å². The zero-order valence-corrected chi connectivity index (χ0v) is 15.2. The number of halogens is 1. The van der Waals surface area contributed by atoms with E-state index < -0.39 is 6.04 Å². The molecule has 0 aliphatic rings. The number of aromatic amines is 1. The fourth-order valence-corrected chi connectivity index (χ4v) is 3.56. The lowest BCUT2D eigenvalue weighted by atomic mass is 10.2. The highest BCUT2D eigenvalue weighted by Crippen LogP contribution is 2.25. The van der Waals surface area contributed by atoms with E-state index in [0.717, 1.165) is 10.4 Å². The van der Waals surface area contributed by atoms with Crippen LogP contribution in [-0.2, 0) is 11.3 Å². The summed E-state index contributed by atoms with van der Waals surface area (Å²) in [4.78, 5) is 13.5. The highest BCUT2D eigenvalue weighted by atomic mass is 35.5. The molecule has 2 heterocycles. The average molecular weight is 379 g/mol. The quantitative estimate of drug-likeness (QED) is 0.654. The Hall–Kier alpha value is -1.96. The van der Waals surface area contributed by atoms with Crippen molar-refractivity contribution >= 4 is 41.1 Å². The number of H-pyrrole nitrogens is 1. The Morgan fingerprint density at radius 3 is 3.00 bits per heavy atom. The summed E-state index contributed by atoms with van der Waals surface area (Å²) in [6.45, 7) is 2.21. The third-order valence-electron chi connectivity index (χ3n) is 3.57. The number of benzene rings is 1. The van der Waals surface area contributed by atoms with Gasteiger partial charge in [-0.2, -0.15) is 5.10 Å². The molecule has 2 N–H and O–H groups in total. The zero-order valence-electron chi connectivity index (χ0n) is 12.8. The van der Waals surface area contributed by atoms with Gasteiger partial charge in [0.1, 0.15) is 6.04 Å². The molecule has 1 amide bonds. The monoisotopic (exact) mass is 378 g/mol. The van der Waals surface area contributed by atoms with Crippen molar-refractivity contribution in [2.75, 3.05) is 0 Å². The number of carbonyl (C=O) groups is 1. The first kappa shape index (κ1) is 16.9. The molecule has 124 valence electrons. The summed E-state index contributed by atoms with van der Waals surface area (Å²) in [6.07, 6.45) is 0. The third kappa shape index (κ3) is 3.58. The normalized spacial score (nSPS) is 12.1. The van der Waals surface area contributed by atoms with Crippen molar-refractivity contribution in [1.29, 1.82) is 0 Å². The van der Waals surface area contributed by atoms with Crippen molar-refractivity contribution in [2.45, 2.75) is 19.5 Å². The van der Waals surface area contributed by atoms with Gasteiger partial charge in [0.15, 0.2) is 10.6 Å². The van der Waals surface area contributed by atoms with Crippen molar-refractivity contribution in [3.8, 4) is 10.7 Å². The molecule has 2 aromatic heterocycles. The summed E-state index contributed by atoms with van der Waals surface area (Å²) in [5, 5.41) is 12.5. The van der Waals surface area contributed by atoms with E-state index in [4.69, 9.17) is 23.8 Å². The van der Waals surface area contributed by atoms with Gasteiger partial charge in [-0.25, -0.2) is 0 Å². The molecule has 0 unspecified atom stereocenters. The maximum Gasteiger partial charge on any atom is 0.243 e. The summed E-state index contributed by atoms with van der Waals surface area (Å²) in [6, 6.07) is 10.8. The van der Waals surface area contributed by atoms with E-state index in [9.17, 15) is 4.79 Å². The van der Waals surface area contributed by atoms with E-state index in [2.05, 4.69) is 15.5 Å². The van der Waals surface area contributed by atoms with Crippen molar-refractivity contribution in [3.05, 3.63) is 57.1 Å². The SMILES string of the molecule is C[C@@H](C(=O)NCc1cccc(Cl)c1)n1c(-c2cccs2)n[nH]c1=S. The molecule has 3 rings (SSSR count). The van der Waals surface area contributed by atoms with E-state index >= 15 is 0 Å². The molecule has 1 aromatic carbocycles. The van der Waals surface area contributed by atoms with Crippen LogP contribution >= 0.6 is 35.2 Å². The minimum Gasteiger partial charge on any atom is -0.350 e. The van der Waals surface area contributed by atoms with Gasteiger partial charge < -0.3 is 5.32 Å². The van der Waals surface area contributed by atoms with Gasteiger partial charge in [-0.3, -0.25) is 14.5 Å². The molecule has 0 spiro atoms. The van der Waals surface area contributed by atoms with Crippen LogP contribution in [0, 0.1) is 4.77 Å². The van der Waals surface area contributed by atoms with E-state index in [1.165, 1.54) is 0 Å². The number of rotatable bonds is 5. The second-order valence-electron chi connectivity index (χ2n) is 5.22. The van der Waals surface area contributed by atoms with Crippen molar-refractivity contribution < 1.29 is 4.79 Å². The third-order valence-corrected chi connectivity index (χ3v) is 4.96. The molecule has 0 bridgehead atoms. The fourth-order valence-electron chi connectivity index (χ4n) is 2.34. The summed E-state index contributed by atoms with van der Waals surface area (Å²) in [7, 11) is 0. The maximum atomic E-state index is 12.5. The lowest BCUT2D eigenvalue weighted by molar-refractivity contribution is -0.124. The number of carbonyl (C=O) groups excluding carboxylic acids is 1. The Morgan fingerprint density at radius 1 is 1.46 bits per heavy atom. The summed E-state index contributed by atoms with van der Waals surface area (Å²) in [5.74, 6) is 0.533. The van der Waals surface area contributed by atoms with Gasteiger partial charge in [-0.15, -0.1) is 11.3 Å². The number of nitrogens with zero attached hydrogens (tertiary/aromatic N) is 2. The highest BCUT2D eigenvalue weighted by Gasteiger charge is 2.21. The fraction of sp³-hybridized carbons (Fsp3) is 0.188. The molecule has 0 aliphatic carbocycles.